The second-order valence-corrected chi connectivity index (χ2v) is 12.8. The van der Waals surface area contributed by atoms with Crippen LogP contribution < -0.4 is 23.7 Å². The zero-order valence-electron chi connectivity index (χ0n) is 31.0. The minimum atomic E-state index is -2.06. The van der Waals surface area contributed by atoms with E-state index in [-0.39, 0.29) is 41.9 Å². The van der Waals surface area contributed by atoms with Crippen LogP contribution in [-0.2, 0) is 9.59 Å². The molecule has 0 heterocycles. The summed E-state index contributed by atoms with van der Waals surface area (Å²) >= 11 is 0. The average molecular weight is 803 g/mol. The monoisotopic (exact) mass is 802 g/mol. The Morgan fingerprint density at radius 2 is 0.895 bits per heavy atom. The van der Waals surface area contributed by atoms with Gasteiger partial charge in [-0.3, -0.25) is 9.59 Å². The molecule has 0 unspecified atom stereocenters. The molecule has 0 radical (unpaired) electrons. The van der Waals surface area contributed by atoms with Crippen LogP contribution in [-0.4, -0.2) is 30.5 Å². The van der Waals surface area contributed by atoms with Crippen molar-refractivity contribution in [3.05, 3.63) is 113 Å². The van der Waals surface area contributed by atoms with E-state index in [0.717, 1.165) is 37.8 Å². The third kappa shape index (κ3) is 13.7. The van der Waals surface area contributed by atoms with Gasteiger partial charge in [-0.05, 0) is 79.9 Å². The lowest BCUT2D eigenvalue weighted by atomic mass is 10.1. The summed E-state index contributed by atoms with van der Waals surface area (Å²) in [5, 5.41) is 0. The van der Waals surface area contributed by atoms with E-state index in [9.17, 15) is 45.5 Å². The van der Waals surface area contributed by atoms with Gasteiger partial charge in [0, 0.05) is 18.9 Å². The molecule has 0 saturated heterocycles. The van der Waals surface area contributed by atoms with Crippen molar-refractivity contribution in [3.63, 3.8) is 0 Å². The normalized spacial score (nSPS) is 10.9. The summed E-state index contributed by atoms with van der Waals surface area (Å²) in [6, 6.07) is 13.1. The van der Waals surface area contributed by atoms with Crippen LogP contribution in [0.4, 0.5) is 26.3 Å². The van der Waals surface area contributed by atoms with Crippen LogP contribution in [0.2, 0.25) is 0 Å². The minimum Gasteiger partial charge on any atom is -0.494 e. The van der Waals surface area contributed by atoms with E-state index < -0.39 is 70.3 Å². The first kappa shape index (κ1) is 43.9. The zero-order chi connectivity index (χ0) is 41.3. The van der Waals surface area contributed by atoms with Gasteiger partial charge in [-0.15, -0.1) is 0 Å². The Morgan fingerprint density at radius 1 is 0.456 bits per heavy atom. The molecule has 0 bridgehead atoms. The number of ether oxygens (including phenoxy) is 5. The molecule has 0 spiro atoms. The second-order valence-electron chi connectivity index (χ2n) is 12.8. The molecule has 0 N–H and O–H groups in total. The van der Waals surface area contributed by atoms with Crippen molar-refractivity contribution in [2.75, 3.05) is 6.61 Å². The fourth-order valence-corrected chi connectivity index (χ4v) is 5.33. The summed E-state index contributed by atoms with van der Waals surface area (Å²) in [4.78, 5) is 49.1. The molecule has 0 aromatic heterocycles. The van der Waals surface area contributed by atoms with Crippen LogP contribution in [0.5, 0.6) is 28.7 Å². The molecule has 0 aliphatic heterocycles. The first-order chi connectivity index (χ1) is 27.4. The first-order valence-corrected chi connectivity index (χ1v) is 18.4. The molecule has 4 aromatic carbocycles. The van der Waals surface area contributed by atoms with Crippen LogP contribution in [0.3, 0.4) is 0 Å². The Labute approximate surface area is 324 Å². The van der Waals surface area contributed by atoms with Crippen LogP contribution in [0.15, 0.2) is 66.7 Å². The number of esters is 4. The van der Waals surface area contributed by atoms with E-state index in [1.54, 1.807) is 0 Å². The van der Waals surface area contributed by atoms with Gasteiger partial charge >= 0.3 is 23.9 Å². The fraction of sp³-hybridized carbons (Fsp3) is 0.333. The SMILES string of the molecule is CCCCCCOc1ccc(C(=O)Oc2c(F)c(F)c(OC(=O)CCCCCCCCC(=O)Oc3ccc(OC(=O)c4cc(F)cc(F)c4)cc3)c(F)c2F)cc1. The van der Waals surface area contributed by atoms with Gasteiger partial charge in [0.05, 0.1) is 17.7 Å². The molecular weight excluding hydrogens is 762 g/mol. The molecule has 0 aliphatic rings. The van der Waals surface area contributed by atoms with E-state index >= 15 is 0 Å². The van der Waals surface area contributed by atoms with Gasteiger partial charge < -0.3 is 23.7 Å². The average Bonchev–Trinajstić information content (AvgIpc) is 3.19. The van der Waals surface area contributed by atoms with Crippen molar-refractivity contribution in [2.45, 2.75) is 84.0 Å². The van der Waals surface area contributed by atoms with Crippen LogP contribution in [0.1, 0.15) is 105 Å². The molecule has 4 aromatic rings. The Bertz CT molecular complexity index is 1950. The topological polar surface area (TPSA) is 114 Å². The second kappa shape index (κ2) is 22.0. The smallest absolute Gasteiger partial charge is 0.343 e. The highest BCUT2D eigenvalue weighted by Crippen LogP contribution is 2.35. The summed E-state index contributed by atoms with van der Waals surface area (Å²) in [5.74, 6) is -16.5. The Balaban J connectivity index is 1.12. The predicted molar refractivity (Wildman–Crippen MR) is 193 cm³/mol. The molecule has 9 nitrogen and oxygen atoms in total. The van der Waals surface area contributed by atoms with Crippen molar-refractivity contribution in [3.8, 4) is 28.7 Å². The summed E-state index contributed by atoms with van der Waals surface area (Å²) in [5.41, 5.74) is -0.479. The van der Waals surface area contributed by atoms with Crippen molar-refractivity contribution < 1.29 is 69.2 Å². The molecule has 0 aliphatic carbocycles. The molecule has 4 rings (SSSR count). The van der Waals surface area contributed by atoms with Gasteiger partial charge in [-0.2, -0.15) is 17.6 Å². The predicted octanol–water partition coefficient (Wildman–Crippen LogP) is 10.6. The molecule has 0 fully saturated rings. The van der Waals surface area contributed by atoms with Crippen molar-refractivity contribution in [1.29, 1.82) is 0 Å². The summed E-state index contributed by atoms with van der Waals surface area (Å²) in [6.45, 7) is 2.54. The van der Waals surface area contributed by atoms with Gasteiger partial charge in [0.2, 0.25) is 34.8 Å². The number of benzene rings is 4. The number of carbonyl (C=O) groups is 4. The van der Waals surface area contributed by atoms with Gasteiger partial charge in [-0.25, -0.2) is 18.4 Å². The van der Waals surface area contributed by atoms with E-state index in [1.165, 1.54) is 48.5 Å². The zero-order valence-corrected chi connectivity index (χ0v) is 31.0. The molecule has 304 valence electrons. The highest BCUT2D eigenvalue weighted by molar-refractivity contribution is 5.91. The van der Waals surface area contributed by atoms with E-state index in [0.29, 0.717) is 50.5 Å². The number of halogens is 6. The fourth-order valence-electron chi connectivity index (χ4n) is 5.33. The highest BCUT2D eigenvalue weighted by atomic mass is 19.2. The molecule has 0 amide bonds. The van der Waals surface area contributed by atoms with Crippen molar-refractivity contribution in [2.24, 2.45) is 0 Å². The van der Waals surface area contributed by atoms with Crippen molar-refractivity contribution >= 4 is 23.9 Å². The Kier molecular flexibility index (Phi) is 16.9. The van der Waals surface area contributed by atoms with Crippen LogP contribution in [0.25, 0.3) is 0 Å². The Morgan fingerprint density at radius 3 is 1.44 bits per heavy atom. The quantitative estimate of drug-likeness (QED) is 0.0267. The van der Waals surface area contributed by atoms with E-state index in [2.05, 4.69) is 16.4 Å². The molecule has 15 heteroatoms. The van der Waals surface area contributed by atoms with Gasteiger partial charge in [0.1, 0.15) is 28.9 Å². The van der Waals surface area contributed by atoms with Crippen LogP contribution >= 0.6 is 0 Å². The standard InChI is InChI=1S/C42H40F6O9/c1-2-3-4-11-22-53-30-16-14-26(15-17-30)41(51)57-40-37(47)35(45)39(36(46)38(40)48)56-34(50)13-10-8-6-5-7-9-12-33(49)54-31-18-20-32(21-19-31)55-42(52)27-23-28(43)25-29(44)24-27/h14-21,23-25H,2-13,22H2,1H3. The lowest BCUT2D eigenvalue weighted by molar-refractivity contribution is -0.135. The number of carbonyl (C=O) groups excluding carboxylic acids is 4. The lowest BCUT2D eigenvalue weighted by Gasteiger charge is -2.12. The minimum absolute atomic E-state index is 0.0611. The molecule has 0 saturated carbocycles. The molecule has 0 atom stereocenters. The summed E-state index contributed by atoms with van der Waals surface area (Å²) in [7, 11) is 0. The van der Waals surface area contributed by atoms with Crippen LogP contribution in [0, 0.1) is 34.9 Å². The van der Waals surface area contributed by atoms with Gasteiger partial charge in [0.15, 0.2) is 0 Å². The largest absolute Gasteiger partial charge is 0.494 e. The number of unbranched alkanes of at least 4 members (excludes halogenated alkanes) is 8. The van der Waals surface area contributed by atoms with E-state index in [1.807, 2.05) is 0 Å². The Hall–Kier alpha value is -5.86. The third-order valence-corrected chi connectivity index (χ3v) is 8.33. The number of rotatable bonds is 21. The van der Waals surface area contributed by atoms with E-state index in [4.69, 9.17) is 14.2 Å². The molecule has 57 heavy (non-hydrogen) atoms. The highest BCUT2D eigenvalue weighted by Gasteiger charge is 2.31. The molecular formula is C42H40F6O9. The maximum atomic E-state index is 14.7. The maximum absolute atomic E-state index is 14.7. The van der Waals surface area contributed by atoms with Gasteiger partial charge in [0.25, 0.3) is 0 Å². The first-order valence-electron chi connectivity index (χ1n) is 18.4. The lowest BCUT2D eigenvalue weighted by Crippen LogP contribution is -2.15. The summed E-state index contributed by atoms with van der Waals surface area (Å²) in [6.07, 6.45) is 6.92. The number of hydrogen-bond donors (Lipinski definition) is 0. The summed E-state index contributed by atoms with van der Waals surface area (Å²) < 4.78 is 111. The van der Waals surface area contributed by atoms with Gasteiger partial charge in [-0.1, -0.05) is 51.9 Å². The van der Waals surface area contributed by atoms with Crippen molar-refractivity contribution in [1.82, 2.24) is 0 Å². The third-order valence-electron chi connectivity index (χ3n) is 8.33. The maximum Gasteiger partial charge on any atom is 0.343 e. The number of hydrogen-bond acceptors (Lipinski definition) is 9.